The van der Waals surface area contributed by atoms with Crippen molar-refractivity contribution in [1.29, 1.82) is 0 Å². The molecule has 2 rings (SSSR count). The lowest BCUT2D eigenvalue weighted by Crippen LogP contribution is -2.36. The number of alkyl halides is 3. The number of carbonyl (C=O) groups excluding carboxylic acids is 2. The zero-order valence-corrected chi connectivity index (χ0v) is 24.6. The monoisotopic (exact) mass is 603 g/mol. The molecule has 1 heterocycles. The molecule has 0 saturated carbocycles. The van der Waals surface area contributed by atoms with Gasteiger partial charge in [0, 0.05) is 28.4 Å². The number of benzene rings is 1. The van der Waals surface area contributed by atoms with Gasteiger partial charge in [0.05, 0.1) is 12.3 Å². The third kappa shape index (κ3) is 16.3. The van der Waals surface area contributed by atoms with E-state index >= 15 is 0 Å². The lowest BCUT2D eigenvalue weighted by atomic mass is 10.1. The van der Waals surface area contributed by atoms with Gasteiger partial charge in [0.2, 0.25) is 6.41 Å². The van der Waals surface area contributed by atoms with Gasteiger partial charge in [-0.2, -0.15) is 13.2 Å². The molecule has 0 radical (unpaired) electrons. The molecule has 0 aliphatic rings. The maximum atomic E-state index is 14.1. The molecular weight excluding hydrogens is 566 g/mol. The summed E-state index contributed by atoms with van der Waals surface area (Å²) < 4.78 is 57.0. The molecule has 228 valence electrons. The molecule has 0 bridgehead atoms. The number of rotatable bonds is 11. The highest BCUT2D eigenvalue weighted by Crippen LogP contribution is 2.28. The molecule has 41 heavy (non-hydrogen) atoms. The Morgan fingerprint density at radius 1 is 1.22 bits per heavy atom. The number of carbonyl (C=O) groups is 2. The fraction of sp³-hybridized carbons (Fsp3) is 0.393. The van der Waals surface area contributed by atoms with E-state index in [1.165, 1.54) is 35.4 Å². The Morgan fingerprint density at radius 2 is 1.85 bits per heavy atom. The van der Waals surface area contributed by atoms with Crippen LogP contribution in [0.2, 0.25) is 0 Å². The van der Waals surface area contributed by atoms with Gasteiger partial charge in [0.15, 0.2) is 5.82 Å². The summed E-state index contributed by atoms with van der Waals surface area (Å²) in [6.45, 7) is 11.5. The average molecular weight is 604 g/mol. The number of nitrogens with two attached hydrogens (primary N) is 1. The minimum atomic E-state index is -4.48. The summed E-state index contributed by atoms with van der Waals surface area (Å²) in [6, 6.07) is 5.02. The topological polar surface area (TPSA) is 111 Å². The van der Waals surface area contributed by atoms with E-state index in [-0.39, 0.29) is 17.4 Å². The van der Waals surface area contributed by atoms with Crippen LogP contribution in [0.15, 0.2) is 54.1 Å². The Hall–Kier alpha value is -3.64. The number of ether oxygens (including phenoxy) is 1. The van der Waals surface area contributed by atoms with Gasteiger partial charge >= 0.3 is 12.2 Å². The number of nitrogens with zero attached hydrogens (tertiary/aromatic N) is 2. The van der Waals surface area contributed by atoms with Crippen LogP contribution in [-0.4, -0.2) is 41.0 Å². The highest BCUT2D eigenvalue weighted by atomic mass is 35.5. The highest BCUT2D eigenvalue weighted by molar-refractivity contribution is 6.31. The lowest BCUT2D eigenvalue weighted by molar-refractivity contribution is -0.176. The Morgan fingerprint density at radius 3 is 2.34 bits per heavy atom. The van der Waals surface area contributed by atoms with E-state index in [2.05, 4.69) is 40.9 Å². The second-order valence-electron chi connectivity index (χ2n) is 8.63. The van der Waals surface area contributed by atoms with E-state index in [0.717, 1.165) is 12.5 Å². The first-order valence-electron chi connectivity index (χ1n) is 12.7. The summed E-state index contributed by atoms with van der Waals surface area (Å²) in [4.78, 5) is 20.9. The van der Waals surface area contributed by atoms with Crippen LogP contribution in [0.25, 0.3) is 17.0 Å². The van der Waals surface area contributed by atoms with Crippen molar-refractivity contribution in [2.45, 2.75) is 66.3 Å². The summed E-state index contributed by atoms with van der Waals surface area (Å²) in [5, 5.41) is 9.56. The van der Waals surface area contributed by atoms with E-state index in [1.54, 1.807) is 19.1 Å². The Bertz CT molecular complexity index is 1180. The molecule has 1 aromatic carbocycles. The van der Waals surface area contributed by atoms with Crippen LogP contribution in [0.1, 0.15) is 53.0 Å². The fourth-order valence-electron chi connectivity index (χ4n) is 2.84. The van der Waals surface area contributed by atoms with Crippen molar-refractivity contribution in [3.63, 3.8) is 0 Å². The van der Waals surface area contributed by atoms with Crippen LogP contribution >= 0.6 is 11.6 Å². The maximum Gasteiger partial charge on any atom is 0.411 e. The molecule has 0 spiro atoms. The minimum absolute atomic E-state index is 0.200. The Labute approximate surface area is 243 Å². The largest absolute Gasteiger partial charge is 0.411 e. The molecule has 4 N–H and O–H groups in total. The molecule has 0 fully saturated rings. The average Bonchev–Trinajstić information content (AvgIpc) is 3.31. The van der Waals surface area contributed by atoms with E-state index in [1.807, 2.05) is 13.8 Å². The van der Waals surface area contributed by atoms with Crippen molar-refractivity contribution >= 4 is 35.6 Å². The zero-order valence-electron chi connectivity index (χ0n) is 23.8. The van der Waals surface area contributed by atoms with Gasteiger partial charge in [-0.3, -0.25) is 4.79 Å². The minimum Gasteiger partial charge on any atom is -0.367 e. The quantitative estimate of drug-likeness (QED) is 0.141. The second kappa shape index (κ2) is 19.4. The van der Waals surface area contributed by atoms with Crippen LogP contribution in [0.3, 0.4) is 0 Å². The number of hydrogen-bond acceptors (Lipinski definition) is 4. The molecule has 1 aromatic heterocycles. The van der Waals surface area contributed by atoms with Gasteiger partial charge in [0.25, 0.3) is 0 Å². The fourth-order valence-corrected chi connectivity index (χ4v) is 2.90. The third-order valence-electron chi connectivity index (χ3n) is 4.72. The van der Waals surface area contributed by atoms with Gasteiger partial charge in [-0.25, -0.2) is 13.9 Å². The van der Waals surface area contributed by atoms with Crippen molar-refractivity contribution in [3.05, 3.63) is 65.5 Å². The Kier molecular flexibility index (Phi) is 17.7. The van der Waals surface area contributed by atoms with Gasteiger partial charge in [-0.1, -0.05) is 51.4 Å². The number of halogens is 5. The van der Waals surface area contributed by atoms with E-state index < -0.39 is 31.2 Å². The second-order valence-corrected chi connectivity index (χ2v) is 9.07. The molecule has 13 heteroatoms. The standard InChI is InChI=1S/C20H18ClF4N3O2.C5H12N2O.C3H8/c1-3-16(21)5-4-13(2)28-18(9-19(27-28)26-12-29)15-6-14(7-17(22)8-15)10-30-11-20(23,24)25;1-3-4(2)7-5(6)8;1-3-2/h3-9,12H,1,10-11H2,2H3,(H,26,27,29);4H,3H2,1-2H3,(H3,6,7,8);3H2,1-2H3/b13-4+,16-5+;;/t;4-;/m.0./s1. The number of nitrogens with one attached hydrogen (secondary N) is 2. The predicted octanol–water partition coefficient (Wildman–Crippen LogP) is 7.38. The number of anilines is 1. The molecule has 0 aliphatic heterocycles. The molecule has 0 aliphatic carbocycles. The predicted molar refractivity (Wildman–Crippen MR) is 156 cm³/mol. The molecule has 3 amide bonds. The third-order valence-corrected chi connectivity index (χ3v) is 5.00. The summed E-state index contributed by atoms with van der Waals surface area (Å²) in [5.74, 6) is -0.460. The number of allylic oxidation sites excluding steroid dienone is 5. The van der Waals surface area contributed by atoms with Crippen LogP contribution < -0.4 is 16.4 Å². The van der Waals surface area contributed by atoms with Crippen molar-refractivity contribution in [3.8, 4) is 11.3 Å². The number of urea groups is 1. The first-order chi connectivity index (χ1) is 19.2. The van der Waals surface area contributed by atoms with Crippen LogP contribution in [-0.2, 0) is 16.1 Å². The molecule has 1 atom stereocenters. The smallest absolute Gasteiger partial charge is 0.367 e. The van der Waals surface area contributed by atoms with Crippen molar-refractivity contribution < 1.29 is 31.9 Å². The lowest BCUT2D eigenvalue weighted by Gasteiger charge is -2.11. The van der Waals surface area contributed by atoms with Crippen molar-refractivity contribution in [2.24, 2.45) is 5.73 Å². The molecule has 0 unspecified atom stereocenters. The summed E-state index contributed by atoms with van der Waals surface area (Å²) >= 11 is 5.90. The van der Waals surface area contributed by atoms with E-state index in [0.29, 0.717) is 28.4 Å². The van der Waals surface area contributed by atoms with Gasteiger partial charge < -0.3 is 21.1 Å². The maximum absolute atomic E-state index is 14.1. The van der Waals surface area contributed by atoms with Gasteiger partial charge in [0.1, 0.15) is 12.4 Å². The van der Waals surface area contributed by atoms with Crippen LogP contribution in [0.5, 0.6) is 0 Å². The molecule has 2 aromatic rings. The van der Waals surface area contributed by atoms with Gasteiger partial charge in [-0.15, -0.1) is 5.10 Å². The number of aromatic nitrogens is 2. The zero-order chi connectivity index (χ0) is 31.6. The number of hydrogen-bond donors (Lipinski definition) is 3. The number of amides is 3. The van der Waals surface area contributed by atoms with Crippen LogP contribution in [0.4, 0.5) is 28.2 Å². The number of primary amides is 1. The summed E-state index contributed by atoms with van der Waals surface area (Å²) in [7, 11) is 0. The van der Waals surface area contributed by atoms with Crippen molar-refractivity contribution in [2.75, 3.05) is 11.9 Å². The van der Waals surface area contributed by atoms with E-state index in [9.17, 15) is 27.2 Å². The first-order valence-corrected chi connectivity index (χ1v) is 13.1. The molecule has 0 saturated heterocycles. The normalized spacial score (nSPS) is 12.2. The van der Waals surface area contributed by atoms with Crippen LogP contribution in [0, 0.1) is 5.82 Å². The highest BCUT2D eigenvalue weighted by Gasteiger charge is 2.27. The van der Waals surface area contributed by atoms with E-state index in [4.69, 9.17) is 17.3 Å². The SMILES string of the molecule is C=C/C(Cl)=C\C=C(/C)n1nc(NC=O)cc1-c1cc(F)cc(COCC(F)(F)F)c1.CCC.CC[C@H](C)NC(N)=O. The summed E-state index contributed by atoms with van der Waals surface area (Å²) in [6.07, 6.45) is 2.78. The molecular formula is C28H38ClF4N5O3. The van der Waals surface area contributed by atoms with Crippen molar-refractivity contribution in [1.82, 2.24) is 15.1 Å². The molecule has 8 nitrogen and oxygen atoms in total. The Balaban J connectivity index is 0.00000123. The van der Waals surface area contributed by atoms with Gasteiger partial charge in [-0.05, 0) is 56.2 Å². The first kappa shape index (κ1) is 37.4. The summed E-state index contributed by atoms with van der Waals surface area (Å²) in [5.41, 5.74) is 6.33.